The average Bonchev–Trinajstić information content (AvgIpc) is 2.71. The number of thiophene rings is 1. The zero-order chi connectivity index (χ0) is 12.0. The van der Waals surface area contributed by atoms with Crippen LogP contribution in [0.1, 0.15) is 11.8 Å². The monoisotopic (exact) mass is 257 g/mol. The molecule has 7 heteroatoms. The van der Waals surface area contributed by atoms with Gasteiger partial charge in [0.1, 0.15) is 0 Å². The molecule has 5 nitrogen and oxygen atoms in total. The van der Waals surface area contributed by atoms with Gasteiger partial charge in [0.2, 0.25) is 0 Å². The van der Waals surface area contributed by atoms with Gasteiger partial charge >= 0.3 is 5.97 Å². The van der Waals surface area contributed by atoms with E-state index in [1.54, 1.807) is 13.0 Å². The van der Waals surface area contributed by atoms with E-state index in [0.717, 1.165) is 0 Å². The number of esters is 1. The van der Waals surface area contributed by atoms with E-state index in [1.165, 1.54) is 11.3 Å². The van der Waals surface area contributed by atoms with Gasteiger partial charge in [0.25, 0.3) is 0 Å². The van der Waals surface area contributed by atoms with Crippen molar-refractivity contribution < 1.29 is 9.53 Å². The van der Waals surface area contributed by atoms with Gasteiger partial charge in [-0.25, -0.2) is 4.79 Å². The summed E-state index contributed by atoms with van der Waals surface area (Å²) in [7, 11) is 0. The van der Waals surface area contributed by atoms with Crippen molar-refractivity contribution in [1.29, 1.82) is 0 Å². The molecular weight excluding hydrogens is 246 g/mol. The van der Waals surface area contributed by atoms with Crippen molar-refractivity contribution in [1.82, 2.24) is 5.43 Å². The first-order valence-electron chi connectivity index (χ1n) is 4.49. The van der Waals surface area contributed by atoms with Crippen molar-refractivity contribution in [3.8, 4) is 0 Å². The largest absolute Gasteiger partial charge is 0.461 e. The average molecular weight is 257 g/mol. The fourth-order valence-corrected chi connectivity index (χ4v) is 1.67. The Kier molecular flexibility index (Phi) is 4.87. The fraction of sp³-hybridized carbons (Fsp3) is 0.222. The molecule has 0 bridgehead atoms. The molecule has 0 radical (unpaired) electrons. The minimum atomic E-state index is -0.506. The quantitative estimate of drug-likeness (QED) is 0.362. The topological polar surface area (TPSA) is 76.7 Å². The van der Waals surface area contributed by atoms with Crippen LogP contribution in [0.3, 0.4) is 0 Å². The van der Waals surface area contributed by atoms with Crippen LogP contribution in [-0.4, -0.2) is 23.4 Å². The van der Waals surface area contributed by atoms with Gasteiger partial charge in [0, 0.05) is 0 Å². The van der Waals surface area contributed by atoms with Crippen molar-refractivity contribution in [3.05, 3.63) is 22.4 Å². The van der Waals surface area contributed by atoms with E-state index in [4.69, 9.17) is 10.5 Å². The number of hydrogen-bond acceptors (Lipinski definition) is 5. The maximum atomic E-state index is 11.6. The predicted molar refractivity (Wildman–Crippen MR) is 67.4 cm³/mol. The summed E-state index contributed by atoms with van der Waals surface area (Å²) in [5, 5.41) is 5.66. The third-order valence-electron chi connectivity index (χ3n) is 1.50. The van der Waals surface area contributed by atoms with Crippen molar-refractivity contribution in [2.24, 2.45) is 10.8 Å². The van der Waals surface area contributed by atoms with Crippen molar-refractivity contribution in [2.45, 2.75) is 6.92 Å². The van der Waals surface area contributed by atoms with Crippen LogP contribution in [0.5, 0.6) is 0 Å². The summed E-state index contributed by atoms with van der Waals surface area (Å²) in [6.07, 6.45) is 0. The lowest BCUT2D eigenvalue weighted by Gasteiger charge is -2.04. The number of carbonyl (C=O) groups excluding carboxylic acids is 1. The van der Waals surface area contributed by atoms with E-state index in [2.05, 4.69) is 22.7 Å². The summed E-state index contributed by atoms with van der Waals surface area (Å²) in [4.78, 5) is 12.3. The van der Waals surface area contributed by atoms with Crippen molar-refractivity contribution in [3.63, 3.8) is 0 Å². The second-order valence-electron chi connectivity index (χ2n) is 2.63. The molecule has 16 heavy (non-hydrogen) atoms. The SMILES string of the molecule is CCOC(=O)C(=NNC(N)=S)c1cccs1. The van der Waals surface area contributed by atoms with Crippen LogP contribution in [-0.2, 0) is 9.53 Å². The second-order valence-corrected chi connectivity index (χ2v) is 4.02. The second kappa shape index (κ2) is 6.19. The Bertz CT molecular complexity index is 401. The number of hydrazone groups is 1. The maximum absolute atomic E-state index is 11.6. The Morgan fingerprint density at radius 2 is 2.50 bits per heavy atom. The Morgan fingerprint density at radius 1 is 1.75 bits per heavy atom. The first-order chi connectivity index (χ1) is 7.65. The zero-order valence-electron chi connectivity index (χ0n) is 8.60. The maximum Gasteiger partial charge on any atom is 0.360 e. The molecule has 0 aromatic carbocycles. The smallest absolute Gasteiger partial charge is 0.360 e. The van der Waals surface area contributed by atoms with E-state index >= 15 is 0 Å². The highest BCUT2D eigenvalue weighted by atomic mass is 32.1. The zero-order valence-corrected chi connectivity index (χ0v) is 10.2. The van der Waals surface area contributed by atoms with Crippen LogP contribution >= 0.6 is 23.6 Å². The molecule has 0 aliphatic carbocycles. The number of rotatable bonds is 4. The lowest BCUT2D eigenvalue weighted by molar-refractivity contribution is -0.134. The van der Waals surface area contributed by atoms with Crippen molar-refractivity contribution >= 4 is 40.3 Å². The Labute approximate surface area is 102 Å². The molecule has 1 rings (SSSR count). The minimum Gasteiger partial charge on any atom is -0.461 e. The number of ether oxygens (including phenoxy) is 1. The molecule has 0 atom stereocenters. The van der Waals surface area contributed by atoms with Crippen LogP contribution in [0.15, 0.2) is 22.6 Å². The standard InChI is InChI=1S/C9H11N3O2S2/c1-2-14-8(13)7(11-12-9(10)15)6-4-3-5-16-6/h3-5H,2H2,1H3,(H3,10,12,15). The van der Waals surface area contributed by atoms with Crippen LogP contribution in [0, 0.1) is 0 Å². The minimum absolute atomic E-state index is 0.00152. The molecule has 0 aliphatic heterocycles. The van der Waals surface area contributed by atoms with Gasteiger partial charge in [-0.15, -0.1) is 11.3 Å². The summed E-state index contributed by atoms with van der Waals surface area (Å²) in [5.41, 5.74) is 7.78. The molecule has 86 valence electrons. The summed E-state index contributed by atoms with van der Waals surface area (Å²) in [6.45, 7) is 2.02. The van der Waals surface area contributed by atoms with Crippen LogP contribution < -0.4 is 11.2 Å². The van der Waals surface area contributed by atoms with Gasteiger partial charge in [-0.3, -0.25) is 5.43 Å². The van der Waals surface area contributed by atoms with E-state index < -0.39 is 5.97 Å². The first-order valence-corrected chi connectivity index (χ1v) is 5.78. The molecule has 0 fully saturated rings. The fourth-order valence-electron chi connectivity index (χ4n) is 0.925. The number of thiocarbonyl (C=S) groups is 1. The van der Waals surface area contributed by atoms with Crippen LogP contribution in [0.2, 0.25) is 0 Å². The molecule has 0 spiro atoms. The van der Waals surface area contributed by atoms with Crippen LogP contribution in [0.4, 0.5) is 0 Å². The molecule has 0 unspecified atom stereocenters. The Balaban J connectivity index is 2.90. The van der Waals surface area contributed by atoms with Crippen LogP contribution in [0.25, 0.3) is 0 Å². The number of carbonyl (C=O) groups is 1. The third kappa shape index (κ3) is 3.59. The highest BCUT2D eigenvalue weighted by Gasteiger charge is 2.16. The number of nitrogens with zero attached hydrogens (tertiary/aromatic N) is 1. The summed E-state index contributed by atoms with van der Waals surface area (Å²) in [5.74, 6) is -0.506. The third-order valence-corrected chi connectivity index (χ3v) is 2.47. The first kappa shape index (κ1) is 12.6. The van der Waals surface area contributed by atoms with Crippen molar-refractivity contribution in [2.75, 3.05) is 6.61 Å². The summed E-state index contributed by atoms with van der Waals surface area (Å²) < 4.78 is 4.87. The molecular formula is C9H11N3O2S2. The normalized spacial score (nSPS) is 10.9. The van der Waals surface area contributed by atoms with Gasteiger partial charge in [-0.05, 0) is 30.6 Å². The lowest BCUT2D eigenvalue weighted by atomic mass is 10.3. The summed E-state index contributed by atoms with van der Waals surface area (Å²) >= 11 is 5.99. The molecule has 0 aliphatic rings. The number of hydrogen-bond donors (Lipinski definition) is 2. The van der Waals surface area contributed by atoms with Gasteiger partial charge in [-0.1, -0.05) is 6.07 Å². The Morgan fingerprint density at radius 3 is 3.00 bits per heavy atom. The summed E-state index contributed by atoms with van der Waals surface area (Å²) in [6, 6.07) is 3.58. The highest BCUT2D eigenvalue weighted by Crippen LogP contribution is 2.10. The molecule has 0 saturated heterocycles. The molecule has 1 aromatic rings. The lowest BCUT2D eigenvalue weighted by Crippen LogP contribution is -2.28. The molecule has 0 amide bonds. The Hall–Kier alpha value is -1.47. The molecule has 0 saturated carbocycles. The van der Waals surface area contributed by atoms with E-state index in [0.29, 0.717) is 4.88 Å². The van der Waals surface area contributed by atoms with Gasteiger partial charge in [0.05, 0.1) is 11.5 Å². The molecule has 3 N–H and O–H groups in total. The predicted octanol–water partition coefficient (Wildman–Crippen LogP) is 0.849. The van der Waals surface area contributed by atoms with E-state index in [9.17, 15) is 4.79 Å². The van der Waals surface area contributed by atoms with E-state index in [-0.39, 0.29) is 17.4 Å². The number of nitrogens with two attached hydrogens (primary N) is 1. The van der Waals surface area contributed by atoms with E-state index in [1.807, 2.05) is 11.4 Å². The molecule has 1 heterocycles. The number of nitrogens with one attached hydrogen (secondary N) is 1. The highest BCUT2D eigenvalue weighted by molar-refractivity contribution is 7.80. The van der Waals surface area contributed by atoms with Gasteiger partial charge in [-0.2, -0.15) is 5.10 Å². The molecule has 1 aromatic heterocycles. The van der Waals surface area contributed by atoms with Gasteiger partial charge < -0.3 is 10.5 Å². The van der Waals surface area contributed by atoms with Gasteiger partial charge in [0.15, 0.2) is 10.8 Å².